The molecule has 1 unspecified atom stereocenters. The molecule has 3 rings (SSSR count). The van der Waals surface area contributed by atoms with Crippen molar-refractivity contribution in [3.63, 3.8) is 0 Å². The van der Waals surface area contributed by atoms with Gasteiger partial charge < -0.3 is 15.5 Å². The van der Waals surface area contributed by atoms with E-state index in [0.717, 1.165) is 31.4 Å². The zero-order chi connectivity index (χ0) is 20.3. The number of quaternary nitrogens is 1. The molecule has 3 N–H and O–H groups in total. The Bertz CT molecular complexity index is 918. The molecule has 0 bridgehead atoms. The van der Waals surface area contributed by atoms with Gasteiger partial charge in [-0.2, -0.15) is 0 Å². The van der Waals surface area contributed by atoms with Crippen molar-refractivity contribution in [2.24, 2.45) is 0 Å². The average molecular weight is 392 g/mol. The van der Waals surface area contributed by atoms with Crippen LogP contribution in [-0.4, -0.2) is 32.0 Å². The average Bonchev–Trinajstić information content (AvgIpc) is 3.09. The van der Waals surface area contributed by atoms with E-state index >= 15 is 0 Å². The minimum absolute atomic E-state index is 0.0186. The molecule has 2 aromatic rings. The summed E-state index contributed by atoms with van der Waals surface area (Å²) in [5.41, 5.74) is 2.82. The monoisotopic (exact) mass is 392 g/mol. The maximum absolute atomic E-state index is 13.6. The van der Waals surface area contributed by atoms with Gasteiger partial charge in [0.2, 0.25) is 0 Å². The van der Waals surface area contributed by atoms with Crippen LogP contribution in [0.2, 0.25) is 0 Å². The van der Waals surface area contributed by atoms with Crippen molar-refractivity contribution < 1.29 is 27.7 Å². The molecule has 28 heavy (non-hydrogen) atoms. The van der Waals surface area contributed by atoms with E-state index in [1.807, 2.05) is 18.2 Å². The fourth-order valence-corrected chi connectivity index (χ4v) is 3.28. The van der Waals surface area contributed by atoms with Crippen LogP contribution in [0.5, 0.6) is 0 Å². The Morgan fingerprint density at radius 3 is 2.36 bits per heavy atom. The largest absolute Gasteiger partial charge is 0.322 e. The van der Waals surface area contributed by atoms with Gasteiger partial charge in [-0.15, -0.1) is 0 Å². The number of halogens is 3. The van der Waals surface area contributed by atoms with Gasteiger partial charge in [0, 0.05) is 5.69 Å². The van der Waals surface area contributed by atoms with Gasteiger partial charge in [0.15, 0.2) is 30.5 Å². The molecule has 0 spiro atoms. The molecule has 2 aromatic carbocycles. The molecule has 0 aromatic heterocycles. The molecular formula is C20H21F3N3O2+. The highest BCUT2D eigenvalue weighted by atomic mass is 19.2. The van der Waals surface area contributed by atoms with E-state index in [0.29, 0.717) is 10.6 Å². The number of hydrogen-bond donors (Lipinski definition) is 3. The number of carbonyl (C=O) groups excluding carboxylic acids is 2. The maximum atomic E-state index is 13.6. The number of aryl methyl sites for hydroxylation is 2. The number of carbonyl (C=O) groups is 2. The van der Waals surface area contributed by atoms with Crippen LogP contribution in [0.1, 0.15) is 17.5 Å². The molecular weight excluding hydrogens is 371 g/mol. The quantitative estimate of drug-likeness (QED) is 0.655. The summed E-state index contributed by atoms with van der Waals surface area (Å²) in [6.45, 7) is -0.124. The lowest BCUT2D eigenvalue weighted by atomic mass is 10.1. The Morgan fingerprint density at radius 2 is 1.61 bits per heavy atom. The normalized spacial score (nSPS) is 13.7. The van der Waals surface area contributed by atoms with Crippen molar-refractivity contribution in [2.45, 2.75) is 19.3 Å². The van der Waals surface area contributed by atoms with Gasteiger partial charge in [-0.1, -0.05) is 6.07 Å². The smallest absolute Gasteiger partial charge is 0.279 e. The molecule has 8 heteroatoms. The summed E-state index contributed by atoms with van der Waals surface area (Å²) >= 11 is 0. The van der Waals surface area contributed by atoms with Gasteiger partial charge in [0.05, 0.1) is 12.7 Å². The molecule has 1 aliphatic carbocycles. The fraction of sp³-hybridized carbons (Fsp3) is 0.300. The van der Waals surface area contributed by atoms with E-state index < -0.39 is 29.0 Å². The first kappa shape index (κ1) is 19.9. The summed E-state index contributed by atoms with van der Waals surface area (Å²) in [5, 5.41) is 4.99. The highest BCUT2D eigenvalue weighted by Crippen LogP contribution is 2.24. The molecule has 0 saturated carbocycles. The number of fused-ring (bicyclic) bond motifs is 1. The van der Waals surface area contributed by atoms with E-state index in [9.17, 15) is 22.8 Å². The summed E-state index contributed by atoms with van der Waals surface area (Å²) in [4.78, 5) is 24.7. The van der Waals surface area contributed by atoms with Crippen molar-refractivity contribution in [3.05, 3.63) is 58.9 Å². The molecule has 0 radical (unpaired) electrons. The third-order valence-electron chi connectivity index (χ3n) is 4.62. The third kappa shape index (κ3) is 4.69. The van der Waals surface area contributed by atoms with E-state index in [1.54, 1.807) is 7.05 Å². The number of amides is 2. The summed E-state index contributed by atoms with van der Waals surface area (Å²) < 4.78 is 39.7. The molecule has 0 fully saturated rings. The minimum atomic E-state index is -1.65. The van der Waals surface area contributed by atoms with Crippen LogP contribution in [0.25, 0.3) is 0 Å². The highest BCUT2D eigenvalue weighted by Gasteiger charge is 2.19. The molecule has 0 saturated heterocycles. The van der Waals surface area contributed by atoms with Crippen LogP contribution in [0.15, 0.2) is 30.3 Å². The number of nitrogens with one attached hydrogen (secondary N) is 3. The van der Waals surface area contributed by atoms with Crippen LogP contribution in [0.4, 0.5) is 24.5 Å². The van der Waals surface area contributed by atoms with Crippen LogP contribution >= 0.6 is 0 Å². The second-order valence-electron chi connectivity index (χ2n) is 6.97. The molecule has 0 aliphatic heterocycles. The Balaban J connectivity index is 1.50. The third-order valence-corrected chi connectivity index (χ3v) is 4.62. The summed E-state index contributed by atoms with van der Waals surface area (Å²) in [6.07, 6.45) is 3.18. The van der Waals surface area contributed by atoms with Crippen LogP contribution in [0, 0.1) is 17.5 Å². The van der Waals surface area contributed by atoms with Crippen LogP contribution in [-0.2, 0) is 22.4 Å². The van der Waals surface area contributed by atoms with Crippen molar-refractivity contribution in [3.8, 4) is 0 Å². The Hall–Kier alpha value is -2.87. The molecule has 2 amide bonds. The van der Waals surface area contributed by atoms with Gasteiger partial charge in [-0.25, -0.2) is 13.2 Å². The summed E-state index contributed by atoms with van der Waals surface area (Å²) in [5.74, 6) is -5.32. The predicted octanol–water partition coefficient (Wildman–Crippen LogP) is 1.68. The number of benzene rings is 2. The topological polar surface area (TPSA) is 62.6 Å². The van der Waals surface area contributed by atoms with Crippen LogP contribution < -0.4 is 15.5 Å². The zero-order valence-electron chi connectivity index (χ0n) is 15.4. The first-order chi connectivity index (χ1) is 13.3. The summed E-state index contributed by atoms with van der Waals surface area (Å²) in [6, 6.07) is 7.51. The zero-order valence-corrected chi connectivity index (χ0v) is 15.4. The van der Waals surface area contributed by atoms with Crippen molar-refractivity contribution in [1.82, 2.24) is 0 Å². The fourth-order valence-electron chi connectivity index (χ4n) is 3.28. The number of likely N-dealkylation sites (N-methyl/N-ethyl adjacent to an activating group) is 1. The molecule has 5 nitrogen and oxygen atoms in total. The molecule has 148 valence electrons. The molecule has 0 heterocycles. The van der Waals surface area contributed by atoms with E-state index in [-0.39, 0.29) is 19.0 Å². The second kappa shape index (κ2) is 8.43. The van der Waals surface area contributed by atoms with Gasteiger partial charge in [-0.05, 0) is 54.7 Å². The highest BCUT2D eigenvalue weighted by molar-refractivity contribution is 5.93. The van der Waals surface area contributed by atoms with E-state index in [4.69, 9.17) is 0 Å². The Kier molecular flexibility index (Phi) is 5.99. The van der Waals surface area contributed by atoms with Gasteiger partial charge in [0.25, 0.3) is 11.8 Å². The Labute approximate surface area is 160 Å². The molecule has 1 atom stereocenters. The summed E-state index contributed by atoms with van der Waals surface area (Å²) in [7, 11) is 1.63. The first-order valence-corrected chi connectivity index (χ1v) is 9.00. The Morgan fingerprint density at radius 1 is 0.929 bits per heavy atom. The number of anilines is 2. The number of rotatable bonds is 6. The van der Waals surface area contributed by atoms with Crippen LogP contribution in [0.3, 0.4) is 0 Å². The van der Waals surface area contributed by atoms with E-state index in [1.165, 1.54) is 11.1 Å². The lowest BCUT2D eigenvalue weighted by molar-refractivity contribution is -0.862. The first-order valence-electron chi connectivity index (χ1n) is 9.00. The predicted molar refractivity (Wildman–Crippen MR) is 98.7 cm³/mol. The van der Waals surface area contributed by atoms with Gasteiger partial charge >= 0.3 is 0 Å². The molecule has 1 aliphatic rings. The van der Waals surface area contributed by atoms with Gasteiger partial charge in [-0.3, -0.25) is 9.59 Å². The second-order valence-corrected chi connectivity index (χ2v) is 6.97. The lowest BCUT2D eigenvalue weighted by Gasteiger charge is -2.14. The number of hydrogen-bond acceptors (Lipinski definition) is 2. The van der Waals surface area contributed by atoms with Gasteiger partial charge in [0.1, 0.15) is 0 Å². The maximum Gasteiger partial charge on any atom is 0.279 e. The van der Waals surface area contributed by atoms with Crippen molar-refractivity contribution in [1.29, 1.82) is 0 Å². The lowest BCUT2D eigenvalue weighted by Crippen LogP contribution is -3.11. The standard InChI is InChI=1S/C20H20F3N3O2/c1-26(11-18(28)25-16-8-7-15(21)19(22)20(16)23)10-17(27)24-14-6-5-12-3-2-4-13(12)9-14/h5-9H,2-4,10-11H2,1H3,(H,24,27)(H,25,28)/p+1. The van der Waals surface area contributed by atoms with Crippen molar-refractivity contribution >= 4 is 23.2 Å². The minimum Gasteiger partial charge on any atom is -0.322 e. The van der Waals surface area contributed by atoms with Crippen molar-refractivity contribution in [2.75, 3.05) is 30.8 Å². The van der Waals surface area contributed by atoms with E-state index in [2.05, 4.69) is 10.6 Å². The SMILES string of the molecule is C[NH+](CC(=O)Nc1ccc2c(c1)CCC2)CC(=O)Nc1ccc(F)c(F)c1F.